The zero-order valence-corrected chi connectivity index (χ0v) is 10.2. The first-order valence-electron chi connectivity index (χ1n) is 5.39. The van der Waals surface area contributed by atoms with Gasteiger partial charge in [0.25, 0.3) is 0 Å². The molecule has 1 fully saturated rings. The first-order valence-corrected chi connectivity index (χ1v) is 6.19. The molecule has 0 aliphatic carbocycles. The van der Waals surface area contributed by atoms with Crippen molar-refractivity contribution in [2.45, 2.75) is 18.9 Å². The van der Waals surface area contributed by atoms with Crippen LogP contribution >= 0.6 is 15.9 Å². The molecule has 0 spiro atoms. The van der Waals surface area contributed by atoms with E-state index in [1.165, 1.54) is 10.0 Å². The van der Waals surface area contributed by atoms with Gasteiger partial charge in [0.2, 0.25) is 0 Å². The number of aliphatic hydroxyl groups is 1. The van der Waals surface area contributed by atoms with Gasteiger partial charge in [0.15, 0.2) is 0 Å². The Hall–Kier alpha value is -0.380. The lowest BCUT2D eigenvalue weighted by Gasteiger charge is -2.13. The maximum absolute atomic E-state index is 9.66. The number of nitrogens with one attached hydrogen (secondary N) is 1. The fourth-order valence-corrected chi connectivity index (χ4v) is 2.54. The number of β-amino-alcohol motifs (C(OH)–C–C–N with tert-alkyl or cyclic N) is 1. The molecule has 15 heavy (non-hydrogen) atoms. The second-order valence-electron chi connectivity index (χ2n) is 4.12. The summed E-state index contributed by atoms with van der Waals surface area (Å²) in [7, 11) is 0. The minimum absolute atomic E-state index is 0.160. The molecule has 2 atom stereocenters. The van der Waals surface area contributed by atoms with E-state index in [-0.39, 0.29) is 6.10 Å². The van der Waals surface area contributed by atoms with Crippen molar-refractivity contribution in [1.29, 1.82) is 0 Å². The van der Waals surface area contributed by atoms with Crippen molar-refractivity contribution in [3.8, 4) is 0 Å². The highest BCUT2D eigenvalue weighted by molar-refractivity contribution is 9.10. The maximum atomic E-state index is 9.66. The van der Waals surface area contributed by atoms with E-state index in [9.17, 15) is 5.11 Å². The lowest BCUT2D eigenvalue weighted by Crippen LogP contribution is -2.18. The summed E-state index contributed by atoms with van der Waals surface area (Å²) in [6, 6.07) is 8.29. The predicted molar refractivity (Wildman–Crippen MR) is 64.8 cm³/mol. The molecule has 1 saturated heterocycles. The molecule has 2 N–H and O–H groups in total. The van der Waals surface area contributed by atoms with E-state index >= 15 is 0 Å². The molecule has 0 aromatic heterocycles. The molecular weight excluding hydrogens is 254 g/mol. The van der Waals surface area contributed by atoms with Crippen molar-refractivity contribution in [2.75, 3.05) is 13.1 Å². The van der Waals surface area contributed by atoms with Crippen molar-refractivity contribution in [1.82, 2.24) is 5.32 Å². The van der Waals surface area contributed by atoms with Crippen molar-refractivity contribution < 1.29 is 5.11 Å². The number of aliphatic hydroxyl groups excluding tert-OH is 1. The van der Waals surface area contributed by atoms with Gasteiger partial charge in [-0.25, -0.2) is 0 Å². The topological polar surface area (TPSA) is 32.3 Å². The minimum atomic E-state index is -0.160. The summed E-state index contributed by atoms with van der Waals surface area (Å²) in [5.41, 5.74) is 1.33. The Morgan fingerprint density at radius 3 is 2.80 bits per heavy atom. The van der Waals surface area contributed by atoms with Gasteiger partial charge < -0.3 is 10.4 Å². The van der Waals surface area contributed by atoms with Gasteiger partial charge in [-0.1, -0.05) is 34.1 Å². The van der Waals surface area contributed by atoms with Crippen molar-refractivity contribution in [3.05, 3.63) is 34.3 Å². The number of benzene rings is 1. The Balaban J connectivity index is 1.90. The van der Waals surface area contributed by atoms with Crippen LogP contribution in [0.25, 0.3) is 0 Å². The first kappa shape index (κ1) is 11.1. The summed E-state index contributed by atoms with van der Waals surface area (Å²) in [4.78, 5) is 0. The largest absolute Gasteiger partial charge is 0.391 e. The molecule has 0 amide bonds. The summed E-state index contributed by atoms with van der Waals surface area (Å²) in [5.74, 6) is 0.414. The molecule has 1 aromatic rings. The highest BCUT2D eigenvalue weighted by atomic mass is 79.9. The molecule has 1 aliphatic rings. The average Bonchev–Trinajstić information content (AvgIpc) is 2.63. The Bertz CT molecular complexity index is 329. The molecular formula is C12H16BrNO. The van der Waals surface area contributed by atoms with E-state index < -0.39 is 0 Å². The van der Waals surface area contributed by atoms with Crippen LogP contribution in [0, 0.1) is 5.92 Å². The van der Waals surface area contributed by atoms with Gasteiger partial charge in [-0.3, -0.25) is 0 Å². The number of rotatable bonds is 3. The van der Waals surface area contributed by atoms with E-state index in [2.05, 4.69) is 39.4 Å². The molecule has 2 unspecified atom stereocenters. The monoisotopic (exact) mass is 269 g/mol. The third kappa shape index (κ3) is 2.80. The molecule has 0 bridgehead atoms. The van der Waals surface area contributed by atoms with Gasteiger partial charge in [0.1, 0.15) is 0 Å². The van der Waals surface area contributed by atoms with Gasteiger partial charge >= 0.3 is 0 Å². The number of aryl methyl sites for hydroxylation is 1. The van der Waals surface area contributed by atoms with Crippen LogP contribution in [0.15, 0.2) is 28.7 Å². The Labute approximate surface area is 98.8 Å². The van der Waals surface area contributed by atoms with Crippen LogP contribution < -0.4 is 5.32 Å². The third-order valence-electron chi connectivity index (χ3n) is 3.05. The van der Waals surface area contributed by atoms with Crippen LogP contribution in [0.1, 0.15) is 12.0 Å². The van der Waals surface area contributed by atoms with Crippen LogP contribution in [0.2, 0.25) is 0 Å². The second kappa shape index (κ2) is 5.10. The van der Waals surface area contributed by atoms with Gasteiger partial charge in [0, 0.05) is 17.6 Å². The van der Waals surface area contributed by atoms with Gasteiger partial charge in [-0.15, -0.1) is 0 Å². The molecule has 0 radical (unpaired) electrons. The third-order valence-corrected chi connectivity index (χ3v) is 3.82. The predicted octanol–water partition coefficient (Wildman–Crippen LogP) is 1.96. The zero-order chi connectivity index (χ0) is 10.7. The van der Waals surface area contributed by atoms with E-state index in [1.54, 1.807) is 0 Å². The van der Waals surface area contributed by atoms with Crippen molar-refractivity contribution in [3.63, 3.8) is 0 Å². The number of halogens is 1. The minimum Gasteiger partial charge on any atom is -0.391 e. The zero-order valence-electron chi connectivity index (χ0n) is 8.62. The van der Waals surface area contributed by atoms with Crippen LogP contribution in [0.5, 0.6) is 0 Å². The average molecular weight is 270 g/mol. The van der Waals surface area contributed by atoms with E-state index in [4.69, 9.17) is 0 Å². The van der Waals surface area contributed by atoms with Crippen LogP contribution in [-0.2, 0) is 6.42 Å². The highest BCUT2D eigenvalue weighted by Crippen LogP contribution is 2.21. The summed E-state index contributed by atoms with van der Waals surface area (Å²) in [6.45, 7) is 1.70. The fraction of sp³-hybridized carbons (Fsp3) is 0.500. The molecule has 1 aliphatic heterocycles. The van der Waals surface area contributed by atoms with Crippen LogP contribution in [0.3, 0.4) is 0 Å². The number of hydrogen-bond acceptors (Lipinski definition) is 2. The lowest BCUT2D eigenvalue weighted by molar-refractivity contribution is 0.143. The van der Waals surface area contributed by atoms with E-state index in [0.717, 1.165) is 25.9 Å². The van der Waals surface area contributed by atoms with Gasteiger partial charge in [0.05, 0.1) is 6.10 Å². The standard InChI is InChI=1S/C12H16BrNO/c13-11-4-2-1-3-9(11)5-6-10-7-14-8-12(10)15/h1-4,10,12,14-15H,5-8H2. The Morgan fingerprint density at radius 1 is 1.33 bits per heavy atom. The molecule has 82 valence electrons. The number of hydrogen-bond donors (Lipinski definition) is 2. The SMILES string of the molecule is OC1CNCC1CCc1ccccc1Br. The molecule has 1 aromatic carbocycles. The molecule has 1 heterocycles. The molecule has 2 nitrogen and oxygen atoms in total. The Morgan fingerprint density at radius 2 is 2.13 bits per heavy atom. The maximum Gasteiger partial charge on any atom is 0.0704 e. The van der Waals surface area contributed by atoms with Crippen molar-refractivity contribution in [2.24, 2.45) is 5.92 Å². The molecule has 0 saturated carbocycles. The smallest absolute Gasteiger partial charge is 0.0704 e. The summed E-state index contributed by atoms with van der Waals surface area (Å²) in [6.07, 6.45) is 1.93. The van der Waals surface area contributed by atoms with Crippen LogP contribution in [0.4, 0.5) is 0 Å². The van der Waals surface area contributed by atoms with E-state index in [1.807, 2.05) is 6.07 Å². The quantitative estimate of drug-likeness (QED) is 0.880. The first-order chi connectivity index (χ1) is 7.27. The highest BCUT2D eigenvalue weighted by Gasteiger charge is 2.24. The van der Waals surface area contributed by atoms with Crippen LogP contribution in [-0.4, -0.2) is 24.3 Å². The lowest BCUT2D eigenvalue weighted by atomic mass is 9.97. The van der Waals surface area contributed by atoms with Crippen molar-refractivity contribution >= 4 is 15.9 Å². The molecule has 2 rings (SSSR count). The Kier molecular flexibility index (Phi) is 3.78. The second-order valence-corrected chi connectivity index (χ2v) is 4.97. The van der Waals surface area contributed by atoms with Gasteiger partial charge in [-0.05, 0) is 30.4 Å². The molecule has 3 heteroatoms. The van der Waals surface area contributed by atoms with E-state index in [0.29, 0.717) is 5.92 Å². The normalized spacial score (nSPS) is 25.7. The fourth-order valence-electron chi connectivity index (χ4n) is 2.06. The summed E-state index contributed by atoms with van der Waals surface area (Å²) in [5, 5.41) is 12.9. The summed E-state index contributed by atoms with van der Waals surface area (Å²) < 4.78 is 1.17. The van der Waals surface area contributed by atoms with Gasteiger partial charge in [-0.2, -0.15) is 0 Å². The summed E-state index contributed by atoms with van der Waals surface area (Å²) >= 11 is 3.54.